The fourth-order valence-corrected chi connectivity index (χ4v) is 0. The van der Waals surface area contributed by atoms with Crippen molar-refractivity contribution in [3.8, 4) is 0 Å². The van der Waals surface area contributed by atoms with Crippen LogP contribution in [0, 0.1) is 0 Å². The first-order valence-corrected chi connectivity index (χ1v) is 7.38. The predicted molar refractivity (Wildman–Crippen MR) is 0 cm³/mol. The van der Waals surface area contributed by atoms with Crippen LogP contribution in [0.1, 0.15) is 0 Å². The summed E-state index contributed by atoms with van der Waals surface area (Å²) in [5, 5.41) is 0. The van der Waals surface area contributed by atoms with E-state index in [1.807, 2.05) is 0 Å². The molecule has 0 amide bonds. The Kier molecular flexibility index (Phi) is 43.4. The second-order valence-electron chi connectivity index (χ2n) is 0. The van der Waals surface area contributed by atoms with Gasteiger partial charge >= 0.3 is 63.1 Å². The molecular weight excluding hydrogens is 301 g/mol. The molecule has 0 aromatic carbocycles. The summed E-state index contributed by atoms with van der Waals surface area (Å²) in [6, 6.07) is 0. The van der Waals surface area contributed by atoms with Gasteiger partial charge in [-0.3, -0.25) is 0 Å². The van der Waals surface area contributed by atoms with E-state index in [0.29, 0.717) is 0 Å². The van der Waals surface area contributed by atoms with E-state index in [9.17, 15) is 0 Å². The Morgan fingerprint density at radius 2 is 1.25 bits per heavy atom. The van der Waals surface area contributed by atoms with Gasteiger partial charge in [-0.15, -0.1) is 0 Å². The van der Waals surface area contributed by atoms with Crippen molar-refractivity contribution >= 4 is 0 Å². The second kappa shape index (κ2) is 17.9. The molecule has 0 N–H and O–H groups in total. The van der Waals surface area contributed by atoms with Crippen LogP contribution >= 0.6 is 0 Å². The van der Waals surface area contributed by atoms with Crippen LogP contribution in [0.25, 0.3) is 0 Å². The van der Waals surface area contributed by atoms with Crippen LogP contribution in [0.5, 0.6) is 0 Å². The maximum atomic E-state index is 3.30. The Balaban J connectivity index is 0. The number of hydrogen-bond acceptors (Lipinski definition) is 0. The molecule has 0 heterocycles. The van der Waals surface area contributed by atoms with Gasteiger partial charge < -0.3 is 0 Å². The molecule has 27 valence electrons. The van der Waals surface area contributed by atoms with Crippen LogP contribution in [0.15, 0.2) is 0 Å². The zero-order chi connectivity index (χ0) is 4.00. The van der Waals surface area contributed by atoms with Crippen molar-refractivity contribution in [1.82, 2.24) is 0 Å². The molecule has 0 fully saturated rings. The van der Waals surface area contributed by atoms with E-state index in [1.54, 1.807) is 17.7 Å². The van der Waals surface area contributed by atoms with Gasteiger partial charge in [0.1, 0.15) is 0 Å². The number of rotatable bonds is 0. The summed E-state index contributed by atoms with van der Waals surface area (Å²) in [6.45, 7) is 0. The first-order valence-electron chi connectivity index (χ1n) is 0.302. The quantitative estimate of drug-likeness (QED) is 0.552. The molecule has 0 aliphatic carbocycles. The molecule has 0 saturated carbocycles. The molecule has 0 aliphatic rings. The van der Waals surface area contributed by atoms with E-state index >= 15 is 0 Å². The van der Waals surface area contributed by atoms with Crippen molar-refractivity contribution in [3.63, 3.8) is 0 Å². The molecule has 4 heavy (non-hydrogen) atoms. The Bertz CT molecular complexity index is 6.00. The van der Waals surface area contributed by atoms with E-state index in [2.05, 4.69) is 26.5 Å². The van der Waals surface area contributed by atoms with Crippen LogP contribution < -0.4 is 0 Å². The van der Waals surface area contributed by atoms with Crippen molar-refractivity contribution in [2.24, 2.45) is 0 Å². The van der Waals surface area contributed by atoms with Crippen molar-refractivity contribution < 1.29 is 63.1 Å². The molecule has 0 atom stereocenters. The third kappa shape index (κ3) is 8.82. The molecule has 0 aliphatic heterocycles. The van der Waals surface area contributed by atoms with Crippen LogP contribution in [-0.2, 0) is 63.1 Å². The minimum absolute atomic E-state index is 1.50. The molecular formula is Fe2MoNb. The van der Waals surface area contributed by atoms with E-state index in [1.165, 1.54) is 18.9 Å². The van der Waals surface area contributed by atoms with E-state index in [-0.39, 0.29) is 0 Å². The third-order valence-corrected chi connectivity index (χ3v) is 0. The zero-order valence-corrected chi connectivity index (χ0v) is 7.98. The summed E-state index contributed by atoms with van der Waals surface area (Å²) < 4.78 is 0. The molecule has 0 radical (unpaired) electrons. The van der Waals surface area contributed by atoms with Gasteiger partial charge in [0.15, 0.2) is 0 Å². The molecule has 0 nitrogen and oxygen atoms in total. The monoisotopic (exact) mass is 303 g/mol. The topological polar surface area (TPSA) is 0 Å². The second-order valence-corrected chi connectivity index (χ2v) is 0. The van der Waals surface area contributed by atoms with Gasteiger partial charge in [0.2, 0.25) is 0 Å². The molecule has 0 unspecified atom stereocenters. The van der Waals surface area contributed by atoms with Gasteiger partial charge in [-0.05, 0) is 0 Å². The Hall–Kier alpha value is 2.47. The van der Waals surface area contributed by atoms with Gasteiger partial charge in [0.25, 0.3) is 0 Å². The Morgan fingerprint density at radius 1 is 1.25 bits per heavy atom. The van der Waals surface area contributed by atoms with E-state index in [4.69, 9.17) is 0 Å². The Morgan fingerprint density at radius 3 is 1.25 bits per heavy atom. The van der Waals surface area contributed by atoms with Gasteiger partial charge in [-0.1, -0.05) is 0 Å². The summed E-state index contributed by atoms with van der Waals surface area (Å²) in [7, 11) is 0. The molecule has 0 aromatic heterocycles. The molecule has 4 heteroatoms. The minimum atomic E-state index is 1.50. The third-order valence-electron chi connectivity index (χ3n) is 0. The standard InChI is InChI=1S/2Fe.Mo.Nb. The predicted octanol–water partition coefficient (Wildman–Crippen LogP) is -0.0100. The SMILES string of the molecule is [Fe][Mo].[Fe][Nb]. The fourth-order valence-electron chi connectivity index (χ4n) is 0. The van der Waals surface area contributed by atoms with Gasteiger partial charge in [-0.2, -0.15) is 0 Å². The van der Waals surface area contributed by atoms with Crippen molar-refractivity contribution in [2.75, 3.05) is 0 Å². The molecule has 0 spiro atoms. The van der Waals surface area contributed by atoms with Crippen molar-refractivity contribution in [1.29, 1.82) is 0 Å². The normalized spacial score (nSPS) is 2.50. The first kappa shape index (κ1) is 9.69. The van der Waals surface area contributed by atoms with Gasteiger partial charge in [0, 0.05) is 0 Å². The summed E-state index contributed by atoms with van der Waals surface area (Å²) in [4.78, 5) is 0. The first-order chi connectivity index (χ1) is 2.00. The van der Waals surface area contributed by atoms with E-state index < -0.39 is 0 Å². The summed E-state index contributed by atoms with van der Waals surface area (Å²) in [5.74, 6) is 0. The molecule has 0 saturated heterocycles. The fraction of sp³-hybridized carbons (Fsp3) is 0. The van der Waals surface area contributed by atoms with E-state index in [0.717, 1.165) is 0 Å². The van der Waals surface area contributed by atoms with Crippen LogP contribution in [0.2, 0.25) is 0 Å². The maximum absolute atomic E-state index is 3.30. The van der Waals surface area contributed by atoms with Crippen molar-refractivity contribution in [2.45, 2.75) is 0 Å². The average molecular weight is 301 g/mol. The van der Waals surface area contributed by atoms with Crippen molar-refractivity contribution in [3.05, 3.63) is 0 Å². The zero-order valence-electron chi connectivity index (χ0n) is 1.56. The summed E-state index contributed by atoms with van der Waals surface area (Å²) in [5.41, 5.74) is 0. The Labute approximate surface area is 62.1 Å². The number of hydrogen-bond donors (Lipinski definition) is 0. The van der Waals surface area contributed by atoms with Crippen LogP contribution in [-0.4, -0.2) is 0 Å². The average Bonchev–Trinajstić information content (AvgIpc) is 1.50. The van der Waals surface area contributed by atoms with Gasteiger partial charge in [-0.25, -0.2) is 0 Å². The molecule has 0 bridgehead atoms. The van der Waals surface area contributed by atoms with Crippen LogP contribution in [0.3, 0.4) is 0 Å². The summed E-state index contributed by atoms with van der Waals surface area (Å²) >= 11 is 9.76. The summed E-state index contributed by atoms with van der Waals surface area (Å²) in [6.07, 6.45) is 0. The van der Waals surface area contributed by atoms with Crippen LogP contribution in [0.4, 0.5) is 0 Å². The molecule has 0 aromatic rings. The van der Waals surface area contributed by atoms with Gasteiger partial charge in [0.05, 0.1) is 0 Å². The molecule has 0 rings (SSSR count).